The molecule has 2 aromatic heterocycles. The lowest BCUT2D eigenvalue weighted by molar-refractivity contribution is 0.00578. The quantitative estimate of drug-likeness (QED) is 0.122. The maximum Gasteiger partial charge on any atom is 0.494 e. The first-order chi connectivity index (χ1) is 56.9. The van der Waals surface area contributed by atoms with Gasteiger partial charge in [-0.1, -0.05) is 340 Å². The van der Waals surface area contributed by atoms with Crippen LogP contribution in [0.1, 0.15) is 55.8 Å². The molecule has 2 spiro atoms. The zero-order valence-corrected chi connectivity index (χ0v) is 65.6. The van der Waals surface area contributed by atoms with E-state index in [9.17, 15) is 0 Å². The van der Waals surface area contributed by atoms with E-state index in [-0.39, 0.29) is 46.3 Å². The normalized spacial score (nSPS) is 23.9. The van der Waals surface area contributed by atoms with Gasteiger partial charge >= 0.3 is 7.12 Å². The predicted octanol–water partition coefficient (Wildman–Crippen LogP) is 26.1. The third-order valence-electron chi connectivity index (χ3n) is 27.9. The second-order valence-corrected chi connectivity index (χ2v) is 34.3. The van der Waals surface area contributed by atoms with Crippen molar-refractivity contribution in [2.24, 2.45) is 47.3 Å². The number of fused-ring (bicyclic) bond motifs is 28. The van der Waals surface area contributed by atoms with Crippen molar-refractivity contribution in [1.29, 1.82) is 0 Å². The Hall–Kier alpha value is -12.5. The summed E-state index contributed by atoms with van der Waals surface area (Å²) in [4.78, 5) is 19.2. The van der Waals surface area contributed by atoms with Crippen molar-refractivity contribution in [3.05, 3.63) is 403 Å². The van der Waals surface area contributed by atoms with Crippen LogP contribution in [0, 0.1) is 47.3 Å². The number of nitrogens with zero attached hydrogens (tertiary/aromatic N) is 4. The summed E-state index contributed by atoms with van der Waals surface area (Å²) in [5.74, 6) is 3.37. The molecule has 6 nitrogen and oxygen atoms in total. The van der Waals surface area contributed by atoms with Gasteiger partial charge in [0.2, 0.25) is 5.28 Å². The number of hydrogen-bond acceptors (Lipinski definition) is 6. The van der Waals surface area contributed by atoms with Crippen LogP contribution in [0.3, 0.4) is 0 Å². The monoisotopic (exact) mass is 1510 g/mol. The van der Waals surface area contributed by atoms with E-state index in [4.69, 9.17) is 30.9 Å². The molecule has 10 atom stereocenters. The Morgan fingerprint density at radius 1 is 0.310 bits per heavy atom. The molecule has 11 aliphatic rings. The molecule has 0 N–H and O–H groups in total. The van der Waals surface area contributed by atoms with Crippen molar-refractivity contribution in [3.63, 3.8) is 0 Å². The van der Waals surface area contributed by atoms with E-state index in [1.54, 1.807) is 0 Å². The minimum atomic E-state index is -0.378. The Morgan fingerprint density at radius 3 is 1.10 bits per heavy atom. The standard InChI is InChI=1S/C51H34N2.C41H35BO2.C16H11ClN2/c1-3-14-31(15-4-1)46-30-47(32-16-5-2-6-17-32)53-50(52-46)33-26-27-37-36-20-9-11-24-42(36)51(44(37)28-33)43-25-12-10-21-39(43)49-40-23-13-22-38-34-18-7-8-19-35(34)41(48(38)40)29-45(49)51;1-39(2)40(3,4)44-42(43-39)24-20-21-28-27-14-7-9-18-33(27)41(35(28)22-24)34-19-10-8-15-30(34)38-31-17-11-16-29-25-12-5-6-13-26(25)32(37(29)31)23-36(38)41;17-16-18-14(12-7-3-1-4-8-12)11-15(19-16)13-9-5-2-6-10-13/h1-30,36-37,42,44H;5-23,27-28,33,35H,1-4H3;1-11H. The van der Waals surface area contributed by atoms with Crippen LogP contribution < -0.4 is 0 Å². The van der Waals surface area contributed by atoms with E-state index in [0.29, 0.717) is 35.5 Å². The molecule has 1 saturated heterocycles. The SMILES string of the molecule is C1=CC2C3C=CC(c4nc(-c5ccccc5)cc(-c5ccccc5)n4)=CC3C3(c4ccccc4-c4c3cc3c5c(cccc45)-c4ccccc4-3)C2C=C1.CC1(C)OB(C2=CC3C(C=C2)C2C=CC=CC2C32c3ccccc3-c3c2cc2c4c(cccc34)-c3ccccc3-2)OC1(C)C.Clc1nc(-c2ccccc2)cc(-c2ccccc2)n1. The third kappa shape index (κ3) is 10.1. The Labute approximate surface area is 682 Å². The van der Waals surface area contributed by atoms with E-state index in [1.165, 1.54) is 111 Å². The van der Waals surface area contributed by atoms with Crippen LogP contribution in [0.15, 0.2) is 370 Å². The van der Waals surface area contributed by atoms with Crippen LogP contribution in [0.5, 0.6) is 0 Å². The number of benzene rings is 12. The van der Waals surface area contributed by atoms with Crippen molar-refractivity contribution >= 4 is 45.8 Å². The number of aromatic nitrogens is 4. The molecule has 116 heavy (non-hydrogen) atoms. The van der Waals surface area contributed by atoms with Crippen molar-refractivity contribution in [2.45, 2.75) is 49.7 Å². The van der Waals surface area contributed by atoms with E-state index < -0.39 is 0 Å². The van der Waals surface area contributed by atoms with Gasteiger partial charge in [0.1, 0.15) is 0 Å². The van der Waals surface area contributed by atoms with Gasteiger partial charge in [-0.15, -0.1) is 0 Å². The molecule has 0 amide bonds. The molecular formula is C108H80BClN4O2. The van der Waals surface area contributed by atoms with Gasteiger partial charge < -0.3 is 9.31 Å². The van der Waals surface area contributed by atoms with E-state index in [2.05, 4.69) is 335 Å². The van der Waals surface area contributed by atoms with Crippen molar-refractivity contribution in [2.75, 3.05) is 0 Å². The Kier molecular flexibility index (Phi) is 15.6. The number of rotatable bonds is 6. The van der Waals surface area contributed by atoms with Crippen LogP contribution in [-0.2, 0) is 20.1 Å². The number of hydrogen-bond donors (Lipinski definition) is 0. The molecule has 0 radical (unpaired) electrons. The highest BCUT2D eigenvalue weighted by Crippen LogP contribution is 2.72. The summed E-state index contributed by atoms with van der Waals surface area (Å²) < 4.78 is 13.3. The van der Waals surface area contributed by atoms with Crippen molar-refractivity contribution in [3.8, 4) is 112 Å². The summed E-state index contributed by atoms with van der Waals surface area (Å²) >= 11 is 6.03. The molecule has 3 fully saturated rings. The first-order valence-electron chi connectivity index (χ1n) is 41.0. The Morgan fingerprint density at radius 2 is 0.664 bits per heavy atom. The summed E-state index contributed by atoms with van der Waals surface area (Å²) in [6.07, 6.45) is 33.8. The molecule has 8 heteroatoms. The summed E-state index contributed by atoms with van der Waals surface area (Å²) in [5.41, 5.74) is 31.1. The first kappa shape index (κ1) is 69.1. The highest BCUT2D eigenvalue weighted by Gasteiger charge is 2.66. The van der Waals surface area contributed by atoms with Gasteiger partial charge in [-0.25, -0.2) is 19.9 Å². The lowest BCUT2D eigenvalue weighted by Gasteiger charge is -2.39. The van der Waals surface area contributed by atoms with Gasteiger partial charge in [0.25, 0.3) is 0 Å². The lowest BCUT2D eigenvalue weighted by atomic mass is 9.61. The van der Waals surface area contributed by atoms with Crippen LogP contribution in [0.4, 0.5) is 0 Å². The van der Waals surface area contributed by atoms with Crippen molar-refractivity contribution < 1.29 is 9.31 Å². The first-order valence-corrected chi connectivity index (χ1v) is 41.4. The molecule has 554 valence electrons. The molecule has 12 aromatic carbocycles. The van der Waals surface area contributed by atoms with E-state index in [0.717, 1.165) is 61.9 Å². The highest BCUT2D eigenvalue weighted by molar-refractivity contribution is 6.55. The largest absolute Gasteiger partial charge is 0.494 e. The van der Waals surface area contributed by atoms with Crippen LogP contribution in [-0.4, -0.2) is 38.3 Å². The molecular weight excluding hydrogens is 1430 g/mol. The third-order valence-corrected chi connectivity index (χ3v) is 28.1. The fourth-order valence-corrected chi connectivity index (χ4v) is 22.7. The van der Waals surface area contributed by atoms with Gasteiger partial charge in [0.05, 0.1) is 34.0 Å². The second kappa shape index (κ2) is 26.3. The fraction of sp³-hybridized carbons (Fsp3) is 0.148. The minimum Gasteiger partial charge on any atom is -0.399 e. The molecule has 3 heterocycles. The molecule has 0 bridgehead atoms. The van der Waals surface area contributed by atoms with E-state index in [1.807, 2.05) is 66.7 Å². The Balaban J connectivity index is 0.000000113. The number of allylic oxidation sites excluding steroid dienone is 16. The van der Waals surface area contributed by atoms with Crippen LogP contribution in [0.2, 0.25) is 5.28 Å². The molecule has 10 aliphatic carbocycles. The topological polar surface area (TPSA) is 70.0 Å². The summed E-state index contributed by atoms with van der Waals surface area (Å²) in [7, 11) is -0.372. The summed E-state index contributed by atoms with van der Waals surface area (Å²) in [6.45, 7) is 8.59. The smallest absolute Gasteiger partial charge is 0.399 e. The highest BCUT2D eigenvalue weighted by atomic mass is 35.5. The second-order valence-electron chi connectivity index (χ2n) is 34.0. The van der Waals surface area contributed by atoms with Gasteiger partial charge in [-0.3, -0.25) is 0 Å². The van der Waals surface area contributed by atoms with Gasteiger partial charge in [-0.05, 0) is 227 Å². The number of halogens is 1. The van der Waals surface area contributed by atoms with E-state index >= 15 is 0 Å². The zero-order valence-electron chi connectivity index (χ0n) is 64.8. The fourth-order valence-electron chi connectivity index (χ4n) is 22.5. The predicted molar refractivity (Wildman–Crippen MR) is 475 cm³/mol. The minimum absolute atomic E-state index is 0.195. The lowest BCUT2D eigenvalue weighted by Crippen LogP contribution is -2.41. The maximum atomic E-state index is 6.63. The average Bonchev–Trinajstić information content (AvgIpc) is 1.50. The molecule has 1 aliphatic heterocycles. The Bertz CT molecular complexity index is 6620. The maximum absolute atomic E-state index is 6.63. The molecule has 25 rings (SSSR count). The van der Waals surface area contributed by atoms with Crippen LogP contribution >= 0.6 is 11.6 Å². The average molecular weight is 1510 g/mol. The molecule has 10 unspecified atom stereocenters. The van der Waals surface area contributed by atoms with Gasteiger partial charge in [-0.2, -0.15) is 0 Å². The molecule has 2 saturated carbocycles. The summed E-state index contributed by atoms with van der Waals surface area (Å²) in [6, 6.07) is 101. The van der Waals surface area contributed by atoms with Crippen molar-refractivity contribution in [1.82, 2.24) is 19.9 Å². The summed E-state index contributed by atoms with van der Waals surface area (Å²) in [5, 5.41) is 5.81. The van der Waals surface area contributed by atoms with Crippen LogP contribution in [0.25, 0.3) is 139 Å². The zero-order chi connectivity index (χ0) is 77.3. The van der Waals surface area contributed by atoms with Gasteiger partial charge in [0.15, 0.2) is 5.82 Å². The molecule has 14 aromatic rings. The van der Waals surface area contributed by atoms with Gasteiger partial charge in [0, 0.05) is 38.7 Å².